The van der Waals surface area contributed by atoms with Crippen molar-refractivity contribution in [3.05, 3.63) is 0 Å². The van der Waals surface area contributed by atoms with Crippen LogP contribution in [-0.2, 0) is 28.6 Å². The Hall–Kier alpha value is -0.970. The predicted octanol–water partition coefficient (Wildman–Crippen LogP) is -4.10. The average molecular weight is 413 g/mol. The molecule has 2 rings (SSSR count). The normalized spacial score (nSPS) is 44.3. The van der Waals surface area contributed by atoms with Gasteiger partial charge >= 0.3 is 0 Å². The molecule has 2 aliphatic heterocycles. The summed E-state index contributed by atoms with van der Waals surface area (Å²) in [4.78, 5) is 15.3. The van der Waals surface area contributed by atoms with Gasteiger partial charge in [-0.2, -0.15) is 0 Å². The second kappa shape index (κ2) is 10.2. The lowest BCUT2D eigenvalue weighted by atomic mass is 9.95. The van der Waals surface area contributed by atoms with Gasteiger partial charge in [-0.25, -0.2) is 4.89 Å². The minimum absolute atomic E-state index is 0.120. The van der Waals surface area contributed by atoms with Crippen LogP contribution in [0.2, 0.25) is 0 Å². The van der Waals surface area contributed by atoms with Gasteiger partial charge in [-0.15, -0.1) is 0 Å². The monoisotopic (exact) mass is 413 g/mol. The van der Waals surface area contributed by atoms with E-state index in [9.17, 15) is 30.3 Å². The smallest absolute Gasteiger partial charge is 0.217 e. The number of rotatable bonds is 7. The number of hydrogen-bond donors (Lipinski definition) is 7. The quantitative estimate of drug-likeness (QED) is 0.158. The van der Waals surface area contributed by atoms with Crippen LogP contribution >= 0.6 is 0 Å². The van der Waals surface area contributed by atoms with Gasteiger partial charge in [0.2, 0.25) is 5.91 Å². The van der Waals surface area contributed by atoms with Crippen molar-refractivity contribution in [2.24, 2.45) is 0 Å². The highest BCUT2D eigenvalue weighted by atomic mass is 17.1. The molecular formula is C15H27NO12. The molecule has 2 aliphatic rings. The molecule has 0 aromatic heterocycles. The van der Waals surface area contributed by atoms with Crippen molar-refractivity contribution < 1.29 is 59.4 Å². The highest BCUT2D eigenvalue weighted by Crippen LogP contribution is 2.29. The summed E-state index contributed by atoms with van der Waals surface area (Å²) in [6.07, 6.45) is -13.1. The van der Waals surface area contributed by atoms with Crippen LogP contribution < -0.4 is 5.32 Å². The summed E-state index contributed by atoms with van der Waals surface area (Å²) in [5, 5.41) is 61.7. The zero-order valence-electron chi connectivity index (χ0n) is 15.3. The van der Waals surface area contributed by atoms with Gasteiger partial charge in [0, 0.05) is 14.0 Å². The molecule has 2 fully saturated rings. The second-order valence-electron chi connectivity index (χ2n) is 6.65. The van der Waals surface area contributed by atoms with Gasteiger partial charge in [-0.3, -0.25) is 10.1 Å². The zero-order chi connectivity index (χ0) is 21.0. The van der Waals surface area contributed by atoms with E-state index in [0.29, 0.717) is 0 Å². The van der Waals surface area contributed by atoms with Crippen molar-refractivity contribution >= 4 is 5.91 Å². The van der Waals surface area contributed by atoms with Gasteiger partial charge in [0.25, 0.3) is 0 Å². The fourth-order valence-corrected chi connectivity index (χ4v) is 3.19. The first-order valence-electron chi connectivity index (χ1n) is 8.60. The fraction of sp³-hybridized carbons (Fsp3) is 0.933. The molecule has 28 heavy (non-hydrogen) atoms. The first-order chi connectivity index (χ1) is 13.2. The molecule has 7 N–H and O–H groups in total. The standard InChI is InChI=1S/C15H27NO12/c1-5(17)16-8-10(19)13(7(4-25-23)26-14(8)22)28-15-12(21)11(20)9(18)6(27-15)3-24-2/h6-15,18-23H,3-4H2,1-2H3,(H,16,17)/t6-,7-,8-,9+,10-,11+,12-,13-,14-,15+/m1/s1. The molecule has 0 radical (unpaired) electrons. The van der Waals surface area contributed by atoms with Gasteiger partial charge < -0.3 is 49.8 Å². The lowest BCUT2D eigenvalue weighted by Crippen LogP contribution is -2.67. The third-order valence-corrected chi connectivity index (χ3v) is 4.59. The lowest BCUT2D eigenvalue weighted by Gasteiger charge is -2.46. The van der Waals surface area contributed by atoms with Crippen molar-refractivity contribution in [3.63, 3.8) is 0 Å². The average Bonchev–Trinajstić information content (AvgIpc) is 2.63. The first-order valence-corrected chi connectivity index (χ1v) is 8.60. The number of methoxy groups -OCH3 is 1. The summed E-state index contributed by atoms with van der Waals surface area (Å²) in [6, 6.07) is -1.29. The van der Waals surface area contributed by atoms with E-state index >= 15 is 0 Å². The molecule has 0 bridgehead atoms. The van der Waals surface area contributed by atoms with Crippen LogP contribution in [0.15, 0.2) is 0 Å². The Kier molecular flexibility index (Phi) is 8.47. The van der Waals surface area contributed by atoms with Crippen LogP contribution in [-0.4, -0.2) is 118 Å². The highest BCUT2D eigenvalue weighted by Gasteiger charge is 2.51. The Morgan fingerprint density at radius 3 is 2.21 bits per heavy atom. The van der Waals surface area contributed by atoms with Gasteiger partial charge in [-0.1, -0.05) is 0 Å². The maximum absolute atomic E-state index is 11.3. The number of amides is 1. The third kappa shape index (κ3) is 5.14. The number of carbonyl (C=O) groups is 1. The van der Waals surface area contributed by atoms with E-state index in [-0.39, 0.29) is 6.61 Å². The van der Waals surface area contributed by atoms with Crippen molar-refractivity contribution in [3.8, 4) is 0 Å². The van der Waals surface area contributed by atoms with Gasteiger partial charge in [0.15, 0.2) is 12.6 Å². The van der Waals surface area contributed by atoms with E-state index in [0.717, 1.165) is 0 Å². The van der Waals surface area contributed by atoms with E-state index < -0.39 is 73.9 Å². The fourth-order valence-electron chi connectivity index (χ4n) is 3.19. The van der Waals surface area contributed by atoms with Crippen molar-refractivity contribution in [1.29, 1.82) is 0 Å². The first kappa shape index (κ1) is 23.3. The number of hydrogen-bond acceptors (Lipinski definition) is 12. The van der Waals surface area contributed by atoms with Gasteiger partial charge in [0.05, 0.1) is 6.61 Å². The second-order valence-corrected chi connectivity index (χ2v) is 6.65. The number of aliphatic hydroxyl groups excluding tert-OH is 5. The predicted molar refractivity (Wildman–Crippen MR) is 86.5 cm³/mol. The van der Waals surface area contributed by atoms with E-state index in [2.05, 4.69) is 10.2 Å². The molecule has 10 atom stereocenters. The van der Waals surface area contributed by atoms with Crippen LogP contribution in [0, 0.1) is 0 Å². The third-order valence-electron chi connectivity index (χ3n) is 4.59. The molecule has 1 amide bonds. The summed E-state index contributed by atoms with van der Waals surface area (Å²) >= 11 is 0. The maximum atomic E-state index is 11.3. The number of nitrogens with one attached hydrogen (secondary N) is 1. The van der Waals surface area contributed by atoms with E-state index in [1.54, 1.807) is 0 Å². The number of carbonyl (C=O) groups excluding carboxylic acids is 1. The minimum Gasteiger partial charge on any atom is -0.388 e. The summed E-state index contributed by atoms with van der Waals surface area (Å²) < 4.78 is 21.1. The van der Waals surface area contributed by atoms with Crippen LogP contribution in [0.25, 0.3) is 0 Å². The number of aliphatic hydroxyl groups is 5. The molecule has 13 heteroatoms. The molecule has 0 spiro atoms. The molecule has 13 nitrogen and oxygen atoms in total. The van der Waals surface area contributed by atoms with Crippen molar-refractivity contribution in [2.75, 3.05) is 20.3 Å². The molecule has 0 saturated carbocycles. The summed E-state index contributed by atoms with van der Waals surface area (Å²) in [7, 11) is 1.34. The Morgan fingerprint density at radius 1 is 0.964 bits per heavy atom. The lowest BCUT2D eigenvalue weighted by molar-refractivity contribution is -0.357. The molecule has 2 heterocycles. The number of ether oxygens (including phenoxy) is 4. The van der Waals surface area contributed by atoms with Crippen molar-refractivity contribution in [2.45, 2.75) is 68.3 Å². The largest absolute Gasteiger partial charge is 0.388 e. The Balaban J connectivity index is 2.19. The Morgan fingerprint density at radius 2 is 1.64 bits per heavy atom. The Labute approximate surface area is 160 Å². The summed E-state index contributed by atoms with van der Waals surface area (Å²) in [5.74, 6) is -0.560. The molecule has 0 aromatic carbocycles. The van der Waals surface area contributed by atoms with Crippen LogP contribution in [0.4, 0.5) is 0 Å². The van der Waals surface area contributed by atoms with Gasteiger partial charge in [0.1, 0.15) is 55.4 Å². The summed E-state index contributed by atoms with van der Waals surface area (Å²) in [5.41, 5.74) is 0. The van der Waals surface area contributed by atoms with Crippen LogP contribution in [0.3, 0.4) is 0 Å². The topological polar surface area (TPSA) is 197 Å². The minimum atomic E-state index is -1.70. The molecule has 0 unspecified atom stereocenters. The van der Waals surface area contributed by atoms with Gasteiger partial charge in [-0.05, 0) is 0 Å². The molecular weight excluding hydrogens is 386 g/mol. The zero-order valence-corrected chi connectivity index (χ0v) is 15.3. The maximum Gasteiger partial charge on any atom is 0.217 e. The van der Waals surface area contributed by atoms with Crippen molar-refractivity contribution in [1.82, 2.24) is 5.32 Å². The SMILES string of the molecule is COC[C@H]1O[C@@H](O[C@H]2[C@H](O)[C@@H](NC(C)=O)[C@H](O)O[C@@H]2COO)[C@H](O)[C@@H](O)[C@H]1O. The summed E-state index contributed by atoms with van der Waals surface area (Å²) in [6.45, 7) is 0.519. The van der Waals surface area contributed by atoms with E-state index in [4.69, 9.17) is 24.2 Å². The van der Waals surface area contributed by atoms with E-state index in [1.165, 1.54) is 14.0 Å². The van der Waals surface area contributed by atoms with Crippen LogP contribution in [0.5, 0.6) is 0 Å². The molecule has 2 saturated heterocycles. The van der Waals surface area contributed by atoms with E-state index in [1.807, 2.05) is 0 Å². The molecule has 164 valence electrons. The van der Waals surface area contributed by atoms with Crippen LogP contribution in [0.1, 0.15) is 6.92 Å². The highest BCUT2D eigenvalue weighted by molar-refractivity contribution is 5.73. The molecule has 0 aromatic rings. The Bertz CT molecular complexity index is 509. The molecule has 0 aliphatic carbocycles.